The van der Waals surface area contributed by atoms with Gasteiger partial charge in [0, 0.05) is 37.3 Å². The lowest BCUT2D eigenvalue weighted by Gasteiger charge is -2.13. The van der Waals surface area contributed by atoms with Gasteiger partial charge in [-0.25, -0.2) is 23.1 Å². The van der Waals surface area contributed by atoms with Crippen LogP contribution in [0.25, 0.3) is 0 Å². The van der Waals surface area contributed by atoms with Gasteiger partial charge < -0.3 is 10.6 Å². The molecule has 1 aliphatic rings. The minimum absolute atomic E-state index is 0.0416. The zero-order valence-corrected chi connectivity index (χ0v) is 20.4. The molecule has 0 aliphatic carbocycles. The van der Waals surface area contributed by atoms with Crippen LogP contribution in [0.5, 0.6) is 0 Å². The topological polar surface area (TPSA) is 70.2 Å². The maximum Gasteiger partial charge on any atom is 0.266 e. The minimum Gasteiger partial charge on any atom is -0.365 e. The van der Waals surface area contributed by atoms with E-state index in [1.54, 1.807) is 0 Å². The van der Waals surface area contributed by atoms with Crippen LogP contribution in [0.3, 0.4) is 0 Å². The Morgan fingerprint density at radius 1 is 1.18 bits per heavy atom. The van der Waals surface area contributed by atoms with Crippen molar-refractivity contribution in [3.8, 4) is 0 Å². The summed E-state index contributed by atoms with van der Waals surface area (Å²) in [4.78, 5) is 20.1. The van der Waals surface area contributed by atoms with Crippen molar-refractivity contribution in [3.05, 3.63) is 51.7 Å². The number of anilines is 1. The molecule has 0 radical (unpaired) electrons. The molecule has 0 bridgehead atoms. The Morgan fingerprint density at radius 3 is 2.48 bits per heavy atom. The first kappa shape index (κ1) is 28.6. The number of fused-ring (bicyclic) bond motifs is 1. The summed E-state index contributed by atoms with van der Waals surface area (Å²) < 4.78 is 39.8. The van der Waals surface area contributed by atoms with Gasteiger partial charge in [0.1, 0.15) is 11.6 Å². The Kier molecular flexibility index (Phi) is 13.4. The van der Waals surface area contributed by atoms with Crippen LogP contribution in [-0.2, 0) is 24.4 Å². The molecule has 2 heterocycles. The van der Waals surface area contributed by atoms with Gasteiger partial charge in [-0.05, 0) is 31.0 Å². The van der Waals surface area contributed by atoms with Crippen molar-refractivity contribution < 1.29 is 18.0 Å². The summed E-state index contributed by atoms with van der Waals surface area (Å²) in [5, 5.41) is 5.65. The summed E-state index contributed by atoms with van der Waals surface area (Å²) in [6, 6.07) is 3.98. The molecule has 10 heteroatoms. The second-order valence-electron chi connectivity index (χ2n) is 7.02. The van der Waals surface area contributed by atoms with E-state index in [0.29, 0.717) is 25.3 Å². The lowest BCUT2D eigenvalue weighted by Crippen LogP contribution is -2.17. The Bertz CT molecular complexity index is 870. The van der Waals surface area contributed by atoms with E-state index < -0.39 is 17.8 Å². The van der Waals surface area contributed by atoms with Crippen LogP contribution in [0.1, 0.15) is 69.3 Å². The third-order valence-corrected chi connectivity index (χ3v) is 4.80. The molecule has 1 amide bonds. The largest absolute Gasteiger partial charge is 0.365 e. The summed E-state index contributed by atoms with van der Waals surface area (Å²) in [7, 11) is 0. The molecular weight excluding hydrogens is 455 g/mol. The van der Waals surface area contributed by atoms with Crippen molar-refractivity contribution in [2.75, 3.05) is 18.4 Å². The lowest BCUT2D eigenvalue weighted by atomic mass is 10.1. The summed E-state index contributed by atoms with van der Waals surface area (Å²) in [5.41, 5.74) is 1.32. The quantitative estimate of drug-likeness (QED) is 0.269. The summed E-state index contributed by atoms with van der Waals surface area (Å²) in [6.45, 7) is 11.2. The van der Waals surface area contributed by atoms with E-state index in [1.807, 2.05) is 20.8 Å². The predicted octanol–water partition coefficient (Wildman–Crippen LogP) is 5.71. The number of alkyl halides is 2. The smallest absolute Gasteiger partial charge is 0.266 e. The maximum atomic E-state index is 14.2. The van der Waals surface area contributed by atoms with E-state index in [-0.39, 0.29) is 17.4 Å². The van der Waals surface area contributed by atoms with Gasteiger partial charge in [-0.15, -0.1) is 0 Å². The second kappa shape index (κ2) is 15.4. The molecule has 1 aliphatic heterocycles. The van der Waals surface area contributed by atoms with E-state index in [2.05, 4.69) is 32.4 Å². The molecule has 0 saturated carbocycles. The number of benzene rings is 1. The number of carbonyl (C=O) groups is 1. The monoisotopic (exact) mass is 487 g/mol. The van der Waals surface area contributed by atoms with Crippen LogP contribution in [0.15, 0.2) is 18.2 Å². The number of nitrogens with one attached hydrogen (secondary N) is 2. The SMILES string of the molecule is CC.CCCN1Cc2nc(Cl)nc(NCc3cccc(C(F)F)c3F)c2C1.CCCNC=O. The highest BCUT2D eigenvalue weighted by molar-refractivity contribution is 6.28. The van der Waals surface area contributed by atoms with Crippen molar-refractivity contribution in [2.24, 2.45) is 0 Å². The van der Waals surface area contributed by atoms with Crippen LogP contribution in [0.4, 0.5) is 19.0 Å². The van der Waals surface area contributed by atoms with Crippen LogP contribution >= 0.6 is 11.6 Å². The predicted molar refractivity (Wildman–Crippen MR) is 126 cm³/mol. The minimum atomic E-state index is -2.85. The van der Waals surface area contributed by atoms with Crippen molar-refractivity contribution in [3.63, 3.8) is 0 Å². The summed E-state index contributed by atoms with van der Waals surface area (Å²) in [5.74, 6) is -0.370. The van der Waals surface area contributed by atoms with Crippen molar-refractivity contribution >= 4 is 23.8 Å². The van der Waals surface area contributed by atoms with E-state index in [4.69, 9.17) is 11.6 Å². The van der Waals surface area contributed by atoms with E-state index >= 15 is 0 Å². The third kappa shape index (κ3) is 8.81. The fourth-order valence-electron chi connectivity index (χ4n) is 3.20. The first-order chi connectivity index (χ1) is 15.9. The normalized spacial score (nSPS) is 12.3. The molecule has 3 rings (SSSR count). The maximum absolute atomic E-state index is 14.2. The van der Waals surface area contributed by atoms with Crippen molar-refractivity contribution in [2.45, 2.75) is 66.6 Å². The molecule has 33 heavy (non-hydrogen) atoms. The van der Waals surface area contributed by atoms with E-state index in [9.17, 15) is 18.0 Å². The molecule has 0 fully saturated rings. The zero-order valence-electron chi connectivity index (χ0n) is 19.6. The molecule has 2 aromatic rings. The Morgan fingerprint density at radius 2 is 1.91 bits per heavy atom. The van der Waals surface area contributed by atoms with Gasteiger partial charge in [-0.3, -0.25) is 9.69 Å². The third-order valence-electron chi connectivity index (χ3n) is 4.63. The number of nitrogens with zero attached hydrogens (tertiary/aromatic N) is 3. The molecule has 0 spiro atoms. The number of amides is 1. The first-order valence-electron chi connectivity index (χ1n) is 11.1. The summed E-state index contributed by atoms with van der Waals surface area (Å²) in [6.07, 6.45) is -0.105. The highest BCUT2D eigenvalue weighted by Crippen LogP contribution is 2.29. The van der Waals surface area contributed by atoms with Gasteiger partial charge in [0.25, 0.3) is 6.43 Å². The van der Waals surface area contributed by atoms with Crippen LogP contribution < -0.4 is 10.6 Å². The molecule has 0 unspecified atom stereocenters. The average molecular weight is 488 g/mol. The van der Waals surface area contributed by atoms with E-state index in [0.717, 1.165) is 43.3 Å². The number of rotatable bonds is 9. The fraction of sp³-hybridized carbons (Fsp3) is 0.522. The highest BCUT2D eigenvalue weighted by Gasteiger charge is 2.24. The van der Waals surface area contributed by atoms with Gasteiger partial charge in [-0.1, -0.05) is 45.9 Å². The number of hydrogen-bond donors (Lipinski definition) is 2. The average Bonchev–Trinajstić information content (AvgIpc) is 3.21. The Labute approximate surface area is 198 Å². The van der Waals surface area contributed by atoms with Gasteiger partial charge in [0.15, 0.2) is 0 Å². The van der Waals surface area contributed by atoms with Crippen molar-refractivity contribution in [1.82, 2.24) is 20.2 Å². The molecule has 1 aromatic heterocycles. The van der Waals surface area contributed by atoms with Crippen molar-refractivity contribution in [1.29, 1.82) is 0 Å². The zero-order chi connectivity index (χ0) is 24.8. The van der Waals surface area contributed by atoms with Gasteiger partial charge >= 0.3 is 0 Å². The Hall–Kier alpha value is -2.39. The molecule has 1 aromatic carbocycles. The summed E-state index contributed by atoms with van der Waals surface area (Å²) >= 11 is 5.98. The molecule has 0 atom stereocenters. The highest BCUT2D eigenvalue weighted by atomic mass is 35.5. The molecule has 0 saturated heterocycles. The van der Waals surface area contributed by atoms with Crippen LogP contribution in [0, 0.1) is 5.82 Å². The molecule has 6 nitrogen and oxygen atoms in total. The number of hydrogen-bond acceptors (Lipinski definition) is 5. The van der Waals surface area contributed by atoms with Gasteiger partial charge in [0.05, 0.1) is 11.3 Å². The van der Waals surface area contributed by atoms with E-state index in [1.165, 1.54) is 12.1 Å². The Balaban J connectivity index is 0.000000593. The fourth-order valence-corrected chi connectivity index (χ4v) is 3.38. The van der Waals surface area contributed by atoms with Crippen LogP contribution in [-0.4, -0.2) is 34.4 Å². The first-order valence-corrected chi connectivity index (χ1v) is 11.5. The van der Waals surface area contributed by atoms with Gasteiger partial charge in [0.2, 0.25) is 11.7 Å². The van der Waals surface area contributed by atoms with Gasteiger partial charge in [-0.2, -0.15) is 0 Å². The molecular formula is C23H33ClF3N5O. The standard InChI is InChI=1S/C17H18ClF3N4.C4H9NO.C2H6/c1-2-6-25-8-12-13(9-25)23-17(18)24-16(12)22-7-10-4-3-5-11(14(10)19)15(20)21;1-2-3-5-4-6;1-2/h3-5,15H,2,6-9H2,1H3,(H,22,23,24);4H,2-3H2,1H3,(H,5,6);1-2H3. The number of carbonyl (C=O) groups excluding carboxylic acids is 1. The lowest BCUT2D eigenvalue weighted by molar-refractivity contribution is -0.109. The number of halogens is 4. The molecule has 2 N–H and O–H groups in total. The van der Waals surface area contributed by atoms with Crippen LogP contribution in [0.2, 0.25) is 5.28 Å². The molecule has 184 valence electrons. The second-order valence-corrected chi connectivity index (χ2v) is 7.36. The number of aromatic nitrogens is 2.